The van der Waals surface area contributed by atoms with Crippen molar-refractivity contribution in [3.8, 4) is 16.9 Å². The van der Waals surface area contributed by atoms with Crippen LogP contribution >= 0.6 is 23.2 Å². The van der Waals surface area contributed by atoms with Gasteiger partial charge in [-0.1, -0.05) is 47.5 Å². The first kappa shape index (κ1) is 20.4. The van der Waals surface area contributed by atoms with Crippen LogP contribution in [0.4, 0.5) is 13.2 Å². The van der Waals surface area contributed by atoms with Crippen LogP contribution in [-0.2, 0) is 6.54 Å². The number of fused-ring (bicyclic) bond motifs is 1. The van der Waals surface area contributed by atoms with Gasteiger partial charge in [-0.3, -0.25) is 9.36 Å². The summed E-state index contributed by atoms with van der Waals surface area (Å²) in [6, 6.07) is 13.7. The highest BCUT2D eigenvalue weighted by atomic mass is 35.5. The largest absolute Gasteiger partial charge is 0.390 e. The number of hydrogen-bond donors (Lipinski definition) is 0. The number of rotatable bonds is 4. The molecule has 0 aliphatic heterocycles. The summed E-state index contributed by atoms with van der Waals surface area (Å²) >= 11 is 12.3. The van der Waals surface area contributed by atoms with Crippen molar-refractivity contribution < 1.29 is 13.2 Å². The molecule has 0 aliphatic carbocycles. The maximum atomic E-state index is 12.8. The van der Waals surface area contributed by atoms with Crippen LogP contribution in [0.2, 0.25) is 10.0 Å². The molecule has 5 nitrogen and oxygen atoms in total. The summed E-state index contributed by atoms with van der Waals surface area (Å²) in [5.41, 5.74) is 1.19. The summed E-state index contributed by atoms with van der Waals surface area (Å²) in [6.07, 6.45) is -4.43. The highest BCUT2D eigenvalue weighted by Crippen LogP contribution is 2.32. The third-order valence-electron chi connectivity index (χ3n) is 4.48. The fourth-order valence-corrected chi connectivity index (χ4v) is 3.40. The summed E-state index contributed by atoms with van der Waals surface area (Å²) in [5.74, 6) is 0. The summed E-state index contributed by atoms with van der Waals surface area (Å²) in [4.78, 5) is 17.1. The molecule has 0 unspecified atom stereocenters. The molecule has 2 aromatic carbocycles. The highest BCUT2D eigenvalue weighted by molar-refractivity contribution is 6.32. The third-order valence-corrected chi connectivity index (χ3v) is 5.06. The Kier molecular flexibility index (Phi) is 5.29. The molecule has 0 radical (unpaired) electrons. The van der Waals surface area contributed by atoms with Gasteiger partial charge in [0.1, 0.15) is 11.2 Å². The zero-order valence-corrected chi connectivity index (χ0v) is 16.7. The van der Waals surface area contributed by atoms with Gasteiger partial charge in [-0.05, 0) is 24.3 Å². The second-order valence-electron chi connectivity index (χ2n) is 6.52. The number of alkyl halides is 3. The Labute approximate surface area is 178 Å². The summed E-state index contributed by atoms with van der Waals surface area (Å²) < 4.78 is 40.2. The van der Waals surface area contributed by atoms with Crippen molar-refractivity contribution in [2.24, 2.45) is 0 Å². The minimum atomic E-state index is -4.39. The van der Waals surface area contributed by atoms with E-state index in [1.807, 2.05) is 0 Å². The van der Waals surface area contributed by atoms with E-state index in [1.54, 1.807) is 48.5 Å². The van der Waals surface area contributed by atoms with Crippen LogP contribution in [0.1, 0.15) is 6.42 Å². The SMILES string of the molecule is O=c1c2nn(-c3ccccc3Cl)c(-c3ccc(Cl)cc3)c2ncn1CCC(F)(F)F. The number of nitrogens with zero attached hydrogens (tertiary/aromatic N) is 4. The van der Waals surface area contributed by atoms with Crippen LogP contribution in [0.3, 0.4) is 0 Å². The summed E-state index contributed by atoms with van der Waals surface area (Å²) in [6.45, 7) is -0.541. The Balaban J connectivity index is 1.96. The molecule has 4 aromatic rings. The fraction of sp³-hybridized carbons (Fsp3) is 0.150. The van der Waals surface area contributed by atoms with E-state index < -0.39 is 24.7 Å². The minimum absolute atomic E-state index is 0.0513. The van der Waals surface area contributed by atoms with Crippen molar-refractivity contribution >= 4 is 34.2 Å². The van der Waals surface area contributed by atoms with Crippen molar-refractivity contribution in [1.82, 2.24) is 19.3 Å². The molecule has 2 heterocycles. The van der Waals surface area contributed by atoms with Crippen LogP contribution in [0, 0.1) is 0 Å². The van der Waals surface area contributed by atoms with E-state index in [-0.39, 0.29) is 11.0 Å². The van der Waals surface area contributed by atoms with Crippen LogP contribution in [0.25, 0.3) is 28.0 Å². The Morgan fingerprint density at radius 3 is 2.33 bits per heavy atom. The van der Waals surface area contributed by atoms with Crippen LogP contribution in [0.5, 0.6) is 0 Å². The smallest absolute Gasteiger partial charge is 0.297 e. The van der Waals surface area contributed by atoms with Crippen LogP contribution < -0.4 is 5.56 Å². The lowest BCUT2D eigenvalue weighted by Gasteiger charge is -2.09. The number of benzene rings is 2. The molecule has 0 saturated heterocycles. The predicted molar refractivity (Wildman–Crippen MR) is 109 cm³/mol. The summed E-state index contributed by atoms with van der Waals surface area (Å²) in [5, 5.41) is 5.28. The van der Waals surface area contributed by atoms with E-state index in [1.165, 1.54) is 4.68 Å². The van der Waals surface area contributed by atoms with Gasteiger partial charge >= 0.3 is 6.18 Å². The van der Waals surface area contributed by atoms with Crippen molar-refractivity contribution in [3.05, 3.63) is 75.3 Å². The molecular formula is C20H13Cl2F3N4O. The predicted octanol–water partition coefficient (Wildman–Crippen LogP) is 5.51. The second-order valence-corrected chi connectivity index (χ2v) is 7.37. The van der Waals surface area contributed by atoms with Gasteiger partial charge in [0.2, 0.25) is 0 Å². The topological polar surface area (TPSA) is 52.7 Å². The number of para-hydroxylation sites is 1. The van der Waals surface area contributed by atoms with Gasteiger partial charge in [0.05, 0.1) is 23.5 Å². The Bertz CT molecular complexity index is 1280. The van der Waals surface area contributed by atoms with Crippen molar-refractivity contribution in [2.75, 3.05) is 0 Å². The normalized spacial score (nSPS) is 11.9. The Hall–Kier alpha value is -2.84. The van der Waals surface area contributed by atoms with Gasteiger partial charge in [-0.2, -0.15) is 18.3 Å². The van der Waals surface area contributed by atoms with Gasteiger partial charge in [0, 0.05) is 17.1 Å². The second kappa shape index (κ2) is 7.77. The molecule has 0 amide bonds. The van der Waals surface area contributed by atoms with Crippen molar-refractivity contribution in [1.29, 1.82) is 0 Å². The standard InChI is InChI=1S/C20H13Cl2F3N4O/c21-13-7-5-12(6-8-13)18-16-17(27-29(18)15-4-2-1-3-14(15)22)19(30)28(11-26-16)10-9-20(23,24)25/h1-8,11H,9-10H2. The molecule has 4 rings (SSSR count). The molecule has 0 bridgehead atoms. The monoisotopic (exact) mass is 452 g/mol. The van der Waals surface area contributed by atoms with E-state index in [0.29, 0.717) is 27.0 Å². The van der Waals surface area contributed by atoms with Crippen LogP contribution in [0.15, 0.2) is 59.7 Å². The minimum Gasteiger partial charge on any atom is -0.297 e. The summed E-state index contributed by atoms with van der Waals surface area (Å²) in [7, 11) is 0. The third kappa shape index (κ3) is 3.93. The molecule has 10 heteroatoms. The average molecular weight is 453 g/mol. The molecule has 30 heavy (non-hydrogen) atoms. The number of hydrogen-bond acceptors (Lipinski definition) is 3. The molecule has 2 aromatic heterocycles. The molecule has 0 atom stereocenters. The molecule has 154 valence electrons. The number of halogens is 5. The Morgan fingerprint density at radius 2 is 1.67 bits per heavy atom. The Morgan fingerprint density at radius 1 is 0.967 bits per heavy atom. The van der Waals surface area contributed by atoms with Crippen molar-refractivity contribution in [3.63, 3.8) is 0 Å². The lowest BCUT2D eigenvalue weighted by molar-refractivity contribution is -0.136. The van der Waals surface area contributed by atoms with Gasteiger partial charge in [-0.15, -0.1) is 0 Å². The van der Waals surface area contributed by atoms with Gasteiger partial charge in [0.25, 0.3) is 5.56 Å². The maximum Gasteiger partial charge on any atom is 0.390 e. The van der Waals surface area contributed by atoms with E-state index in [4.69, 9.17) is 23.2 Å². The highest BCUT2D eigenvalue weighted by Gasteiger charge is 2.27. The van der Waals surface area contributed by atoms with Gasteiger partial charge in [-0.25, -0.2) is 9.67 Å². The molecule has 0 fully saturated rings. The zero-order valence-electron chi connectivity index (χ0n) is 15.2. The average Bonchev–Trinajstić information content (AvgIpc) is 3.08. The molecule has 0 spiro atoms. The first-order chi connectivity index (χ1) is 14.2. The zero-order chi connectivity index (χ0) is 21.5. The van der Waals surface area contributed by atoms with Crippen LogP contribution in [-0.4, -0.2) is 25.5 Å². The molecular weight excluding hydrogens is 440 g/mol. The molecule has 0 saturated carbocycles. The van der Waals surface area contributed by atoms with Crippen molar-refractivity contribution in [2.45, 2.75) is 19.1 Å². The first-order valence-electron chi connectivity index (χ1n) is 8.80. The van der Waals surface area contributed by atoms with Gasteiger partial charge in [0.15, 0.2) is 5.52 Å². The van der Waals surface area contributed by atoms with Gasteiger partial charge < -0.3 is 0 Å². The molecule has 0 aliphatic rings. The quantitative estimate of drug-likeness (QED) is 0.410. The van der Waals surface area contributed by atoms with E-state index in [0.717, 1.165) is 10.9 Å². The van der Waals surface area contributed by atoms with E-state index in [2.05, 4.69) is 10.1 Å². The van der Waals surface area contributed by atoms with E-state index >= 15 is 0 Å². The first-order valence-corrected chi connectivity index (χ1v) is 9.56. The lowest BCUT2D eigenvalue weighted by Crippen LogP contribution is -2.23. The lowest BCUT2D eigenvalue weighted by atomic mass is 10.1. The fourth-order valence-electron chi connectivity index (χ4n) is 3.06. The maximum absolute atomic E-state index is 12.8. The molecule has 0 N–H and O–H groups in total. The van der Waals surface area contributed by atoms with E-state index in [9.17, 15) is 18.0 Å². The number of aryl methyl sites for hydroxylation is 1. The number of aromatic nitrogens is 4.